The molecule has 0 bridgehead atoms. The number of aliphatic hydroxyl groups is 3. The molecule has 3 N–H and O–H groups in total. The van der Waals surface area contributed by atoms with Crippen LogP contribution >= 0.6 is 11.3 Å². The summed E-state index contributed by atoms with van der Waals surface area (Å²) < 4.78 is 1.22. The second kappa shape index (κ2) is 54.4. The van der Waals surface area contributed by atoms with Crippen molar-refractivity contribution < 1.29 is 130 Å². The molecule has 0 aliphatic heterocycles. The molecule has 18 rings (SSSR count). The molecule has 18 aromatic rings. The molecule has 6 heterocycles. The van der Waals surface area contributed by atoms with Crippen molar-refractivity contribution in [3.8, 4) is 72.5 Å². The predicted octanol–water partition coefficient (Wildman–Crippen LogP) is 23.8. The van der Waals surface area contributed by atoms with E-state index in [0.717, 1.165) is 99.9 Å². The van der Waals surface area contributed by atoms with Crippen molar-refractivity contribution in [3.63, 3.8) is 0 Å². The van der Waals surface area contributed by atoms with Gasteiger partial charge < -0.3 is 35.3 Å². The fourth-order valence-electron chi connectivity index (χ4n) is 11.4. The van der Waals surface area contributed by atoms with Crippen LogP contribution in [0.25, 0.3) is 126 Å². The summed E-state index contributed by atoms with van der Waals surface area (Å²) in [7, 11) is 0. The molecule has 21 heteroatoms. The van der Waals surface area contributed by atoms with Crippen LogP contribution in [-0.2, 0) is 115 Å². The molecule has 0 aliphatic rings. The number of aliphatic hydroxyl groups excluding tert-OH is 3. The molecule has 0 fully saturated rings. The van der Waals surface area contributed by atoms with Crippen molar-refractivity contribution >= 4 is 82.3 Å². The maximum absolute atomic E-state index is 10.0. The molecule has 12 aromatic carbocycles. The third kappa shape index (κ3) is 32.3. The van der Waals surface area contributed by atoms with Crippen LogP contribution in [0.1, 0.15) is 41.5 Å². The fourth-order valence-corrected chi connectivity index (χ4v) is 12.4. The number of carbonyl (C=O) groups is 3. The van der Waals surface area contributed by atoms with E-state index in [1.165, 1.54) is 86.0 Å². The van der Waals surface area contributed by atoms with Gasteiger partial charge in [0.05, 0.1) is 28.5 Å². The molecule has 0 saturated heterocycles. The van der Waals surface area contributed by atoms with Crippen molar-refractivity contribution in [1.29, 1.82) is 0 Å². The number of benzene rings is 12. The van der Waals surface area contributed by atoms with Crippen LogP contribution in [0, 0.1) is 36.4 Å². The first-order chi connectivity index (χ1) is 57.0. The minimum atomic E-state index is -0.125. The first-order valence-electron chi connectivity index (χ1n) is 37.1. The molecule has 0 aliphatic carbocycles. The van der Waals surface area contributed by atoms with Gasteiger partial charge in [-0.05, 0) is 123 Å². The van der Waals surface area contributed by atoms with E-state index in [9.17, 15) is 14.4 Å². The Morgan fingerprint density at radius 2 is 0.705 bits per heavy atom. The maximum atomic E-state index is 10.0. The first-order valence-corrected chi connectivity index (χ1v) is 37.9. The molecule has 15 nitrogen and oxygen atoms in total. The van der Waals surface area contributed by atoms with Crippen molar-refractivity contribution in [2.24, 2.45) is 0 Å². The summed E-state index contributed by atoms with van der Waals surface area (Å²) in [5, 5.41) is 42.2. The van der Waals surface area contributed by atoms with E-state index in [1.807, 2.05) is 249 Å². The number of pyridine rings is 3. The monoisotopic (exact) mass is 2510 g/mol. The van der Waals surface area contributed by atoms with E-state index in [1.54, 1.807) is 40.9 Å². The molecule has 0 spiro atoms. The van der Waals surface area contributed by atoms with Gasteiger partial charge in [-0.3, -0.25) is 24.4 Å². The summed E-state index contributed by atoms with van der Waals surface area (Å²) in [5.41, 5.74) is 14.7. The Morgan fingerprint density at radius 1 is 0.320 bits per heavy atom. The quantitative estimate of drug-likeness (QED) is 0.0659. The van der Waals surface area contributed by atoms with E-state index in [-0.39, 0.29) is 135 Å². The van der Waals surface area contributed by atoms with Crippen LogP contribution in [0.3, 0.4) is 0 Å². The average molecular weight is 2510 g/mol. The van der Waals surface area contributed by atoms with Crippen molar-refractivity contribution in [1.82, 2.24) is 44.9 Å². The summed E-state index contributed by atoms with van der Waals surface area (Å²) >= 11 is 1.72. The van der Waals surface area contributed by atoms with Gasteiger partial charge >= 0.3 is 0 Å². The summed E-state index contributed by atoms with van der Waals surface area (Å²) in [6.07, 6.45) is 12.3. The molecule has 0 saturated carbocycles. The number of rotatable bonds is 10. The van der Waals surface area contributed by atoms with E-state index in [4.69, 9.17) is 20.3 Å². The third-order valence-electron chi connectivity index (χ3n) is 16.3. The smallest absolute Gasteiger partial charge is 0.155 e. The van der Waals surface area contributed by atoms with Gasteiger partial charge in [-0.2, -0.15) is 44.5 Å². The number of ketones is 3. The minimum absolute atomic E-state index is 0. The van der Waals surface area contributed by atoms with Gasteiger partial charge in [0.1, 0.15) is 11.0 Å². The van der Waals surface area contributed by atoms with Crippen LogP contribution in [-0.4, -0.2) is 77.6 Å². The SMILES string of the molecule is CC(=O)C=C(C)O.CC(=O)C=C(C)O.CC(=O)C=C(C)O.[Ir].[Ir].[Ir].[Ir].[Ir].[c-]1ccc2ccccc2c1-c1nc2ccccc2s1.[c-]1ccc2ccccc2c1-n1nc2ccccc2n1.[c-]1ccccc1-c1ccccn1.[c-]1ccccc1-c1ccccn1.[c-]1ccccc1-c1nccc2ccccc12.[c-]1ccccc1-c1nccnc1-c1ccccc1. The predicted molar refractivity (Wildman–Crippen MR) is 473 cm³/mol. The minimum Gasteiger partial charge on any atom is -0.512 e. The molecule has 623 valence electrons. The van der Waals surface area contributed by atoms with Gasteiger partial charge in [0.25, 0.3) is 0 Å². The topological polar surface area (TPSA) is 220 Å². The number of hydrogen-bond donors (Lipinski definition) is 3. The average Bonchev–Trinajstić information content (AvgIpc) is 1.60. The van der Waals surface area contributed by atoms with Gasteiger partial charge in [-0.25, -0.2) is 0 Å². The molecule has 5 radical (unpaired) electrons. The van der Waals surface area contributed by atoms with Gasteiger partial charge in [0, 0.05) is 165 Å². The number of fused-ring (bicyclic) bond motifs is 5. The number of aromatic nitrogens is 9. The Labute approximate surface area is 782 Å². The van der Waals surface area contributed by atoms with Gasteiger partial charge in [0.15, 0.2) is 17.3 Å². The van der Waals surface area contributed by atoms with Gasteiger partial charge in [0.2, 0.25) is 0 Å². The zero-order valence-electron chi connectivity index (χ0n) is 66.8. The summed E-state index contributed by atoms with van der Waals surface area (Å²) in [6.45, 7) is 8.54. The van der Waals surface area contributed by atoms with E-state index >= 15 is 0 Å². The number of carbonyl (C=O) groups excluding carboxylic acids is 3. The largest absolute Gasteiger partial charge is 0.512 e. The van der Waals surface area contributed by atoms with Crippen LogP contribution in [0.5, 0.6) is 0 Å². The summed E-state index contributed by atoms with van der Waals surface area (Å²) in [4.78, 5) is 58.2. The van der Waals surface area contributed by atoms with Crippen molar-refractivity contribution in [2.75, 3.05) is 0 Å². The number of thiazole rings is 1. The molecule has 0 atom stereocenters. The number of allylic oxidation sites excluding steroid dienone is 6. The normalized spacial score (nSPS) is 10.2. The molecular formula is C101H81Ir5N9O6S-6. The Bertz CT molecular complexity index is 5760. The molecule has 0 unspecified atom stereocenters. The van der Waals surface area contributed by atoms with Gasteiger partial charge in [-0.1, -0.05) is 151 Å². The van der Waals surface area contributed by atoms with Crippen molar-refractivity contribution in [3.05, 3.63) is 418 Å². The molecular weight excluding hydrogens is 2430 g/mol. The molecule has 6 aromatic heterocycles. The van der Waals surface area contributed by atoms with E-state index in [2.05, 4.69) is 144 Å². The second-order valence-electron chi connectivity index (χ2n) is 25.5. The first kappa shape index (κ1) is 101. The van der Waals surface area contributed by atoms with Crippen LogP contribution in [0.2, 0.25) is 0 Å². The zero-order valence-corrected chi connectivity index (χ0v) is 79.6. The van der Waals surface area contributed by atoms with Crippen LogP contribution in [0.4, 0.5) is 0 Å². The second-order valence-corrected chi connectivity index (χ2v) is 26.6. The van der Waals surface area contributed by atoms with Crippen molar-refractivity contribution in [2.45, 2.75) is 41.5 Å². The Balaban J connectivity index is 0.000000248. The van der Waals surface area contributed by atoms with Gasteiger partial charge in [-0.15, -0.1) is 190 Å². The molecule has 0 amide bonds. The Kier molecular flexibility index (Phi) is 44.9. The Morgan fingerprint density at radius 3 is 1.16 bits per heavy atom. The third-order valence-corrected chi connectivity index (χ3v) is 17.4. The molecule has 122 heavy (non-hydrogen) atoms. The summed E-state index contributed by atoms with van der Waals surface area (Å²) in [6, 6.07) is 123. The van der Waals surface area contributed by atoms with Crippen LogP contribution < -0.4 is 0 Å². The van der Waals surface area contributed by atoms with Crippen LogP contribution in [0.15, 0.2) is 382 Å². The Hall–Kier alpha value is -11.9. The summed E-state index contributed by atoms with van der Waals surface area (Å²) in [5.74, 6) is -0.187. The fraction of sp³-hybridized carbons (Fsp3) is 0.0594. The number of para-hydroxylation sites is 1. The standard InChI is InChI=1S/C17H10NS.C16H10N3.C16H11N2.C15H10N.2C11H8N.3C5H8O2.5Ir/c1-2-8-13-12(6-1)7-5-9-14(13)17-18-15-10-3-4-11-16(15)19-17;1-2-8-13-12(6-1)7-5-11-16(13)19-17-14-9-3-4-10-15(14)18-19;1-3-7-13(8-4-1)15-16(18-12-11-17-15)14-9-5-2-6-10-14;1-2-7-13(8-3-1)15-14-9-5-4-6-12(14)10-11-16-15;2*1-2-6-10(7-3-1)11-8-4-5-9-12-11;3*1-4(6)3-5(2)7;;;;;/h1-8,10-11H;1-10H;1-9,11-12H;1-7,9-11H;2*1-6,8-9H;3*3,6H,1-2H3;;;;;/q6*-1;;;;;;;;. The van der Waals surface area contributed by atoms with E-state index in [0.29, 0.717) is 0 Å². The number of nitrogens with zero attached hydrogens (tertiary/aromatic N) is 9. The maximum Gasteiger partial charge on any atom is 0.155 e. The van der Waals surface area contributed by atoms with E-state index < -0.39 is 0 Å². The number of hydrogen-bond acceptors (Lipinski definition) is 15. The zero-order chi connectivity index (χ0) is 82.4.